The number of carbonyl (C=O) groups excluding carboxylic acids is 3. The van der Waals surface area contributed by atoms with Crippen LogP contribution in [0.3, 0.4) is 0 Å². The highest BCUT2D eigenvalue weighted by Crippen LogP contribution is 2.24. The van der Waals surface area contributed by atoms with Gasteiger partial charge in [-0.05, 0) is 44.9 Å². The summed E-state index contributed by atoms with van der Waals surface area (Å²) in [7, 11) is 1.79. The summed E-state index contributed by atoms with van der Waals surface area (Å²) in [6.07, 6.45) is 7.16. The number of hydrogen-bond acceptors (Lipinski definition) is 4. The Kier molecular flexibility index (Phi) is 7.67. The quantitative estimate of drug-likeness (QED) is 0.341. The summed E-state index contributed by atoms with van der Waals surface area (Å²) in [5.74, 6) is -1.13. The number of ether oxygens (including phenoxy) is 1. The predicted molar refractivity (Wildman–Crippen MR) is 124 cm³/mol. The molecule has 1 saturated carbocycles. The normalized spacial score (nSPS) is 14.1. The third-order valence-electron chi connectivity index (χ3n) is 6.34. The molecule has 1 heterocycles. The number of allylic oxidation sites excluding steroid dienone is 1. The zero-order valence-electron chi connectivity index (χ0n) is 19.2. The topological polar surface area (TPSA) is 68.6 Å². The van der Waals surface area contributed by atoms with Crippen LogP contribution < -0.4 is 0 Å². The van der Waals surface area contributed by atoms with Crippen molar-refractivity contribution in [3.63, 3.8) is 0 Å². The Hall–Kier alpha value is -3.15. The summed E-state index contributed by atoms with van der Waals surface area (Å²) >= 11 is 0. The van der Waals surface area contributed by atoms with E-state index in [0.29, 0.717) is 17.7 Å². The molecule has 1 aromatic carbocycles. The van der Waals surface area contributed by atoms with Crippen LogP contribution in [-0.4, -0.2) is 46.8 Å². The number of amides is 1. The lowest BCUT2D eigenvalue weighted by Crippen LogP contribution is -2.39. The minimum absolute atomic E-state index is 0.185. The van der Waals surface area contributed by atoms with E-state index in [2.05, 4.69) is 6.58 Å². The lowest BCUT2D eigenvalue weighted by Gasteiger charge is -2.31. The minimum atomic E-state index is -0.667. The Morgan fingerprint density at radius 2 is 1.75 bits per heavy atom. The molecule has 0 bridgehead atoms. The number of ketones is 1. The van der Waals surface area contributed by atoms with Crippen LogP contribution in [0.5, 0.6) is 0 Å². The second-order valence-electron chi connectivity index (χ2n) is 8.44. The van der Waals surface area contributed by atoms with Crippen LogP contribution in [0.1, 0.15) is 74.6 Å². The van der Waals surface area contributed by atoms with Crippen LogP contribution in [-0.2, 0) is 11.3 Å². The molecule has 6 heteroatoms. The van der Waals surface area contributed by atoms with Crippen LogP contribution >= 0.6 is 0 Å². The molecule has 6 nitrogen and oxygen atoms in total. The molecule has 0 aliphatic heterocycles. The van der Waals surface area contributed by atoms with Gasteiger partial charge in [0, 0.05) is 36.6 Å². The van der Waals surface area contributed by atoms with Gasteiger partial charge >= 0.3 is 5.97 Å². The fourth-order valence-corrected chi connectivity index (χ4v) is 4.45. The number of Topliss-reactive ketones (excluding diaryl/α,β-unsaturated/α-hetero) is 1. The van der Waals surface area contributed by atoms with Crippen molar-refractivity contribution in [3.05, 3.63) is 71.1 Å². The van der Waals surface area contributed by atoms with Crippen LogP contribution in [0, 0.1) is 13.8 Å². The summed E-state index contributed by atoms with van der Waals surface area (Å²) in [6, 6.07) is 8.63. The van der Waals surface area contributed by atoms with Gasteiger partial charge in [-0.15, -0.1) is 6.58 Å². The van der Waals surface area contributed by atoms with Gasteiger partial charge in [0.15, 0.2) is 6.61 Å². The van der Waals surface area contributed by atoms with E-state index in [-0.39, 0.29) is 29.9 Å². The van der Waals surface area contributed by atoms with E-state index >= 15 is 0 Å². The average Bonchev–Trinajstić information content (AvgIpc) is 3.10. The second kappa shape index (κ2) is 10.4. The van der Waals surface area contributed by atoms with Gasteiger partial charge in [0.05, 0.1) is 11.1 Å². The van der Waals surface area contributed by atoms with E-state index in [9.17, 15) is 14.4 Å². The molecule has 0 N–H and O–H groups in total. The first kappa shape index (κ1) is 23.5. The maximum atomic E-state index is 13.1. The summed E-state index contributed by atoms with van der Waals surface area (Å²) in [5.41, 5.74) is 2.78. The van der Waals surface area contributed by atoms with Gasteiger partial charge in [0.25, 0.3) is 5.91 Å². The first-order chi connectivity index (χ1) is 15.3. The Labute approximate surface area is 189 Å². The van der Waals surface area contributed by atoms with Crippen molar-refractivity contribution in [3.8, 4) is 0 Å². The number of esters is 1. The highest BCUT2D eigenvalue weighted by atomic mass is 16.5. The molecule has 0 atom stereocenters. The van der Waals surface area contributed by atoms with Gasteiger partial charge in [-0.3, -0.25) is 9.59 Å². The standard InChI is InChI=1S/C26H32N2O4/c1-5-15-28-18(2)16-23(19(28)3)24(29)17-32-26(31)22-14-10-9-13-21(22)25(30)27(4)20-11-7-6-8-12-20/h5,9-10,13-14,16,20H,1,6-8,11-12,15,17H2,2-4H3. The smallest absolute Gasteiger partial charge is 0.339 e. The van der Waals surface area contributed by atoms with Gasteiger partial charge in [-0.25, -0.2) is 4.79 Å². The maximum Gasteiger partial charge on any atom is 0.339 e. The zero-order valence-corrected chi connectivity index (χ0v) is 19.2. The zero-order chi connectivity index (χ0) is 23.3. The molecule has 0 saturated heterocycles. The van der Waals surface area contributed by atoms with E-state index in [1.165, 1.54) is 6.42 Å². The molecule has 1 amide bonds. The van der Waals surface area contributed by atoms with Gasteiger partial charge < -0.3 is 14.2 Å². The molecular weight excluding hydrogens is 404 g/mol. The second-order valence-corrected chi connectivity index (χ2v) is 8.44. The van der Waals surface area contributed by atoms with Crippen molar-refractivity contribution in [2.75, 3.05) is 13.7 Å². The SMILES string of the molecule is C=CCn1c(C)cc(C(=O)COC(=O)c2ccccc2C(=O)N(C)C2CCCCC2)c1C. The Morgan fingerprint density at radius 3 is 2.41 bits per heavy atom. The largest absolute Gasteiger partial charge is 0.454 e. The predicted octanol–water partition coefficient (Wildman–Crippen LogP) is 4.74. The molecule has 32 heavy (non-hydrogen) atoms. The average molecular weight is 437 g/mol. The van der Waals surface area contributed by atoms with Crippen molar-refractivity contribution >= 4 is 17.7 Å². The summed E-state index contributed by atoms with van der Waals surface area (Å²) in [4.78, 5) is 40.4. The van der Waals surface area contributed by atoms with Crippen LogP contribution in [0.2, 0.25) is 0 Å². The first-order valence-corrected chi connectivity index (χ1v) is 11.2. The number of aryl methyl sites for hydroxylation is 1. The molecule has 1 aromatic heterocycles. The summed E-state index contributed by atoms with van der Waals surface area (Å²) < 4.78 is 7.32. The molecular formula is C26H32N2O4. The molecule has 0 unspecified atom stereocenters. The van der Waals surface area contributed by atoms with E-state index < -0.39 is 5.97 Å². The lowest BCUT2D eigenvalue weighted by atomic mass is 9.94. The number of nitrogens with zero attached hydrogens (tertiary/aromatic N) is 2. The Balaban J connectivity index is 1.71. The lowest BCUT2D eigenvalue weighted by molar-refractivity contribution is 0.0468. The third-order valence-corrected chi connectivity index (χ3v) is 6.34. The van der Waals surface area contributed by atoms with Crippen LogP contribution in [0.4, 0.5) is 0 Å². The molecule has 1 aliphatic rings. The fourth-order valence-electron chi connectivity index (χ4n) is 4.45. The van der Waals surface area contributed by atoms with E-state index in [1.807, 2.05) is 18.4 Å². The van der Waals surface area contributed by atoms with Gasteiger partial charge in [-0.1, -0.05) is 37.5 Å². The first-order valence-electron chi connectivity index (χ1n) is 11.2. The maximum absolute atomic E-state index is 13.1. The number of benzene rings is 1. The number of aromatic nitrogens is 1. The molecule has 3 rings (SSSR count). The Bertz CT molecular complexity index is 1010. The van der Waals surface area contributed by atoms with Crippen molar-refractivity contribution < 1.29 is 19.1 Å². The molecule has 1 aliphatic carbocycles. The fraction of sp³-hybridized carbons (Fsp3) is 0.423. The Morgan fingerprint density at radius 1 is 1.09 bits per heavy atom. The molecule has 170 valence electrons. The van der Waals surface area contributed by atoms with E-state index in [4.69, 9.17) is 4.74 Å². The summed E-state index contributed by atoms with van der Waals surface area (Å²) in [6.45, 7) is 7.76. The number of rotatable bonds is 8. The highest BCUT2D eigenvalue weighted by Gasteiger charge is 2.27. The third kappa shape index (κ3) is 5.01. The van der Waals surface area contributed by atoms with Crippen molar-refractivity contribution in [2.24, 2.45) is 0 Å². The number of carbonyl (C=O) groups is 3. The van der Waals surface area contributed by atoms with Gasteiger partial charge in [-0.2, -0.15) is 0 Å². The van der Waals surface area contributed by atoms with Crippen LogP contribution in [0.25, 0.3) is 0 Å². The van der Waals surface area contributed by atoms with Gasteiger partial charge in [0.2, 0.25) is 5.78 Å². The molecule has 2 aromatic rings. The minimum Gasteiger partial charge on any atom is -0.454 e. The monoisotopic (exact) mass is 436 g/mol. The molecule has 0 spiro atoms. The van der Waals surface area contributed by atoms with E-state index in [0.717, 1.165) is 37.1 Å². The van der Waals surface area contributed by atoms with Crippen molar-refractivity contribution in [2.45, 2.75) is 58.5 Å². The highest BCUT2D eigenvalue weighted by molar-refractivity contribution is 6.06. The van der Waals surface area contributed by atoms with Crippen LogP contribution in [0.15, 0.2) is 43.0 Å². The number of hydrogen-bond donors (Lipinski definition) is 0. The summed E-state index contributed by atoms with van der Waals surface area (Å²) in [5, 5.41) is 0. The van der Waals surface area contributed by atoms with E-state index in [1.54, 1.807) is 48.4 Å². The van der Waals surface area contributed by atoms with Gasteiger partial charge in [0.1, 0.15) is 0 Å². The molecule has 1 fully saturated rings. The van der Waals surface area contributed by atoms with Crippen molar-refractivity contribution in [1.82, 2.24) is 9.47 Å². The molecule has 0 radical (unpaired) electrons. The van der Waals surface area contributed by atoms with Crippen molar-refractivity contribution in [1.29, 1.82) is 0 Å².